The number of guanidine groups is 1. The van der Waals surface area contributed by atoms with Crippen molar-refractivity contribution >= 4 is 35.8 Å². The molecule has 0 saturated heterocycles. The van der Waals surface area contributed by atoms with Crippen LogP contribution in [0, 0.1) is 6.92 Å². The third-order valence-corrected chi connectivity index (χ3v) is 3.53. The molecule has 0 spiro atoms. The molecular formula is C17H29IN4O2. The first-order valence-corrected chi connectivity index (χ1v) is 7.76. The van der Waals surface area contributed by atoms with Gasteiger partial charge >= 0.3 is 0 Å². The molecule has 0 saturated carbocycles. The molecule has 0 aliphatic heterocycles. The molecule has 1 rings (SSSR count). The number of hydrogen-bond acceptors (Lipinski definition) is 3. The summed E-state index contributed by atoms with van der Waals surface area (Å²) in [5.74, 6) is 1.71. The monoisotopic (exact) mass is 448 g/mol. The highest BCUT2D eigenvalue weighted by atomic mass is 127. The fourth-order valence-corrected chi connectivity index (χ4v) is 2.08. The quantitative estimate of drug-likeness (QED) is 0.380. The lowest BCUT2D eigenvalue weighted by molar-refractivity contribution is -0.128. The van der Waals surface area contributed by atoms with E-state index in [0.717, 1.165) is 24.3 Å². The average Bonchev–Trinajstić information content (AvgIpc) is 2.54. The minimum Gasteiger partial charge on any atom is -0.496 e. The number of carbonyl (C=O) groups excluding carboxylic acids is 1. The molecule has 24 heavy (non-hydrogen) atoms. The van der Waals surface area contributed by atoms with Gasteiger partial charge in [0.2, 0.25) is 5.91 Å². The van der Waals surface area contributed by atoms with E-state index in [1.54, 1.807) is 33.2 Å². The Morgan fingerprint density at radius 3 is 2.50 bits per heavy atom. The van der Waals surface area contributed by atoms with Crippen molar-refractivity contribution in [3.8, 4) is 5.75 Å². The van der Waals surface area contributed by atoms with Crippen LogP contribution in [0.15, 0.2) is 23.2 Å². The van der Waals surface area contributed by atoms with E-state index >= 15 is 0 Å². The van der Waals surface area contributed by atoms with Crippen LogP contribution in [-0.4, -0.2) is 58.1 Å². The maximum Gasteiger partial charge on any atom is 0.223 e. The number of aliphatic imine (C=N–C) groups is 1. The summed E-state index contributed by atoms with van der Waals surface area (Å²) in [4.78, 5) is 17.3. The number of methoxy groups -OCH3 is 1. The van der Waals surface area contributed by atoms with Crippen molar-refractivity contribution in [1.29, 1.82) is 0 Å². The Morgan fingerprint density at radius 1 is 1.25 bits per heavy atom. The molecule has 0 fully saturated rings. The summed E-state index contributed by atoms with van der Waals surface area (Å²) in [6.07, 6.45) is 1.32. The third kappa shape index (κ3) is 7.85. The van der Waals surface area contributed by atoms with Crippen LogP contribution in [0.2, 0.25) is 0 Å². The molecule has 6 nitrogen and oxygen atoms in total. The average molecular weight is 448 g/mol. The Labute approximate surface area is 162 Å². The number of benzene rings is 1. The highest BCUT2D eigenvalue weighted by Crippen LogP contribution is 2.18. The lowest BCUT2D eigenvalue weighted by Gasteiger charge is -2.14. The van der Waals surface area contributed by atoms with Gasteiger partial charge in [0.25, 0.3) is 0 Å². The molecule has 0 radical (unpaired) electrons. The number of halogens is 1. The fraction of sp³-hybridized carbons (Fsp3) is 0.529. The van der Waals surface area contributed by atoms with Gasteiger partial charge in [0.1, 0.15) is 5.75 Å². The minimum absolute atomic E-state index is 0. The lowest BCUT2D eigenvalue weighted by atomic mass is 10.1. The van der Waals surface area contributed by atoms with Crippen LogP contribution in [0.3, 0.4) is 0 Å². The van der Waals surface area contributed by atoms with Crippen molar-refractivity contribution < 1.29 is 9.53 Å². The van der Waals surface area contributed by atoms with E-state index in [1.165, 1.54) is 5.56 Å². The van der Waals surface area contributed by atoms with Gasteiger partial charge in [-0.1, -0.05) is 12.1 Å². The van der Waals surface area contributed by atoms with E-state index in [9.17, 15) is 4.79 Å². The molecule has 0 aromatic heterocycles. The Kier molecular flexibility index (Phi) is 11.2. The smallest absolute Gasteiger partial charge is 0.223 e. The molecule has 0 aliphatic carbocycles. The van der Waals surface area contributed by atoms with Crippen LogP contribution in [-0.2, 0) is 11.2 Å². The van der Waals surface area contributed by atoms with Gasteiger partial charge in [0.05, 0.1) is 7.11 Å². The fourth-order valence-electron chi connectivity index (χ4n) is 2.08. The Morgan fingerprint density at radius 2 is 1.92 bits per heavy atom. The van der Waals surface area contributed by atoms with Gasteiger partial charge in [-0.15, -0.1) is 24.0 Å². The van der Waals surface area contributed by atoms with Crippen LogP contribution in [0.25, 0.3) is 0 Å². The van der Waals surface area contributed by atoms with Crippen molar-refractivity contribution in [2.75, 3.05) is 41.3 Å². The number of hydrogen-bond donors (Lipinski definition) is 2. The van der Waals surface area contributed by atoms with Gasteiger partial charge in [-0.05, 0) is 30.5 Å². The van der Waals surface area contributed by atoms with Gasteiger partial charge in [0.15, 0.2) is 5.96 Å². The van der Waals surface area contributed by atoms with Crippen LogP contribution < -0.4 is 15.4 Å². The van der Waals surface area contributed by atoms with E-state index in [-0.39, 0.29) is 29.9 Å². The van der Waals surface area contributed by atoms with E-state index in [2.05, 4.69) is 33.8 Å². The molecule has 0 unspecified atom stereocenters. The first-order chi connectivity index (χ1) is 11.0. The number of carbonyl (C=O) groups is 1. The van der Waals surface area contributed by atoms with Crippen molar-refractivity contribution in [2.24, 2.45) is 4.99 Å². The predicted octanol–water partition coefficient (Wildman–Crippen LogP) is 1.81. The first kappa shape index (κ1) is 22.5. The zero-order valence-electron chi connectivity index (χ0n) is 15.2. The largest absolute Gasteiger partial charge is 0.496 e. The summed E-state index contributed by atoms with van der Waals surface area (Å²) in [7, 11) is 6.92. The van der Waals surface area contributed by atoms with Gasteiger partial charge < -0.3 is 20.3 Å². The Balaban J connectivity index is 0.00000529. The van der Waals surface area contributed by atoms with Crippen molar-refractivity contribution in [2.45, 2.75) is 19.8 Å². The van der Waals surface area contributed by atoms with E-state index in [1.807, 2.05) is 6.92 Å². The lowest BCUT2D eigenvalue weighted by Crippen LogP contribution is -2.40. The Bertz CT molecular complexity index is 547. The zero-order valence-corrected chi connectivity index (χ0v) is 17.5. The molecule has 1 amide bonds. The normalized spacial score (nSPS) is 10.6. The molecule has 136 valence electrons. The minimum atomic E-state index is 0. The molecule has 1 aromatic carbocycles. The SMILES string of the molecule is CN=C(NCCC(=O)N(C)C)NCCc1ccc(C)c(OC)c1.I. The summed E-state index contributed by atoms with van der Waals surface area (Å²) < 4.78 is 5.34. The number of nitrogens with one attached hydrogen (secondary N) is 2. The van der Waals surface area contributed by atoms with Gasteiger partial charge in [-0.25, -0.2) is 0 Å². The van der Waals surface area contributed by atoms with Crippen LogP contribution >= 0.6 is 24.0 Å². The number of ether oxygens (including phenoxy) is 1. The maximum absolute atomic E-state index is 11.5. The summed E-state index contributed by atoms with van der Waals surface area (Å²) in [5.41, 5.74) is 2.34. The molecule has 0 atom stereocenters. The van der Waals surface area contributed by atoms with Crippen molar-refractivity contribution in [1.82, 2.24) is 15.5 Å². The number of nitrogens with zero attached hydrogens (tertiary/aromatic N) is 2. The second-order valence-electron chi connectivity index (χ2n) is 5.52. The van der Waals surface area contributed by atoms with Crippen LogP contribution in [0.4, 0.5) is 0 Å². The summed E-state index contributed by atoms with van der Waals surface area (Å²) in [6.45, 7) is 3.35. The van der Waals surface area contributed by atoms with E-state index < -0.39 is 0 Å². The molecule has 0 heterocycles. The van der Waals surface area contributed by atoms with Gasteiger partial charge in [-0.3, -0.25) is 9.79 Å². The van der Waals surface area contributed by atoms with Crippen LogP contribution in [0.5, 0.6) is 5.75 Å². The summed E-state index contributed by atoms with van der Waals surface area (Å²) in [6, 6.07) is 6.22. The number of amides is 1. The van der Waals surface area contributed by atoms with E-state index in [4.69, 9.17) is 4.74 Å². The maximum atomic E-state index is 11.5. The molecule has 1 aromatic rings. The number of aryl methyl sites for hydroxylation is 1. The van der Waals surface area contributed by atoms with Crippen LogP contribution in [0.1, 0.15) is 17.5 Å². The third-order valence-electron chi connectivity index (χ3n) is 3.53. The number of rotatable bonds is 7. The zero-order chi connectivity index (χ0) is 17.2. The predicted molar refractivity (Wildman–Crippen MR) is 110 cm³/mol. The first-order valence-electron chi connectivity index (χ1n) is 7.76. The second kappa shape index (κ2) is 11.9. The van der Waals surface area contributed by atoms with Crippen molar-refractivity contribution in [3.63, 3.8) is 0 Å². The summed E-state index contributed by atoms with van der Waals surface area (Å²) >= 11 is 0. The second-order valence-corrected chi connectivity index (χ2v) is 5.52. The summed E-state index contributed by atoms with van der Waals surface area (Å²) in [5, 5.41) is 6.39. The highest BCUT2D eigenvalue weighted by molar-refractivity contribution is 14.0. The Hall–Kier alpha value is -1.51. The topological polar surface area (TPSA) is 66.0 Å². The molecular weight excluding hydrogens is 419 g/mol. The molecule has 7 heteroatoms. The standard InChI is InChI=1S/C17H28N4O2.HI/c1-13-6-7-14(12-15(13)23-5)8-10-19-17(18-2)20-11-9-16(22)21(3)4;/h6-7,12H,8-11H2,1-5H3,(H2,18,19,20);1H. The molecule has 0 aliphatic rings. The highest BCUT2D eigenvalue weighted by Gasteiger charge is 2.05. The van der Waals surface area contributed by atoms with E-state index in [0.29, 0.717) is 18.9 Å². The van der Waals surface area contributed by atoms with Gasteiger partial charge in [0, 0.05) is 40.7 Å². The molecule has 2 N–H and O–H groups in total. The van der Waals surface area contributed by atoms with Gasteiger partial charge in [-0.2, -0.15) is 0 Å². The van der Waals surface area contributed by atoms with Crippen molar-refractivity contribution in [3.05, 3.63) is 29.3 Å². The molecule has 0 bridgehead atoms.